The summed E-state index contributed by atoms with van der Waals surface area (Å²) in [6.45, 7) is 4.57. The predicted octanol–water partition coefficient (Wildman–Crippen LogP) is 14.7. The lowest BCUT2D eigenvalue weighted by Gasteiger charge is -2.26. The number of aliphatic carboxylic acids is 1. The Balaban J connectivity index is 4.12. The second kappa shape index (κ2) is 50.8. The van der Waals surface area contributed by atoms with Crippen molar-refractivity contribution < 1.29 is 42.9 Å². The van der Waals surface area contributed by atoms with Crippen LogP contribution in [0, 0.1) is 0 Å². The van der Waals surface area contributed by atoms with Crippen molar-refractivity contribution in [3.63, 3.8) is 0 Å². The van der Waals surface area contributed by atoms with Crippen molar-refractivity contribution >= 4 is 17.9 Å². The first kappa shape index (κ1) is 65.5. The number of unbranched alkanes of at least 4 members (excludes halogenated alkanes) is 21. The number of nitrogens with zero attached hydrogens (tertiary/aromatic N) is 1. The van der Waals surface area contributed by atoms with Gasteiger partial charge in [0.15, 0.2) is 12.4 Å². The van der Waals surface area contributed by atoms with E-state index < -0.39 is 24.3 Å². The van der Waals surface area contributed by atoms with E-state index in [1.54, 1.807) is 0 Å². The molecule has 0 saturated heterocycles. The first-order chi connectivity index (χ1) is 33.6. The third-order valence-corrected chi connectivity index (χ3v) is 11.6. The molecular formula is C60H103NO8. The second-order valence-corrected chi connectivity index (χ2v) is 19.5. The zero-order chi connectivity index (χ0) is 50.6. The molecule has 0 aromatic carbocycles. The maximum absolute atomic E-state index is 12.8. The lowest BCUT2D eigenvalue weighted by atomic mass is 10.0. The summed E-state index contributed by atoms with van der Waals surface area (Å²) in [6.07, 6.45) is 63.6. The molecule has 0 aliphatic rings. The predicted molar refractivity (Wildman–Crippen MR) is 288 cm³/mol. The molecule has 0 aliphatic heterocycles. The number of allylic oxidation sites excluding steroid dienone is 14. The Morgan fingerprint density at radius 1 is 0.449 bits per heavy atom. The Bertz CT molecular complexity index is 1400. The van der Waals surface area contributed by atoms with Gasteiger partial charge in [-0.25, -0.2) is 0 Å². The van der Waals surface area contributed by atoms with E-state index in [1.165, 1.54) is 83.5 Å². The minimum atomic E-state index is -1.62. The van der Waals surface area contributed by atoms with Crippen LogP contribution in [-0.4, -0.2) is 82.3 Å². The molecule has 9 heteroatoms. The molecule has 9 nitrogen and oxygen atoms in total. The normalized spacial score (nSPS) is 13.5. The molecule has 0 fully saturated rings. The van der Waals surface area contributed by atoms with Crippen LogP contribution in [0.3, 0.4) is 0 Å². The fraction of sp³-hybridized carbons (Fsp3) is 0.717. The molecule has 0 heterocycles. The molecule has 0 saturated carbocycles. The second-order valence-electron chi connectivity index (χ2n) is 19.5. The van der Waals surface area contributed by atoms with Gasteiger partial charge in [-0.15, -0.1) is 0 Å². The number of esters is 2. The Morgan fingerprint density at radius 3 is 1.25 bits per heavy atom. The molecule has 2 atom stereocenters. The molecule has 0 aromatic rings. The molecule has 396 valence electrons. The van der Waals surface area contributed by atoms with Gasteiger partial charge in [-0.2, -0.15) is 0 Å². The van der Waals surface area contributed by atoms with Crippen molar-refractivity contribution in [1.29, 1.82) is 0 Å². The minimum Gasteiger partial charge on any atom is -0.545 e. The number of likely N-dealkylation sites (N-methyl/N-ethyl adjacent to an activating group) is 1. The van der Waals surface area contributed by atoms with Gasteiger partial charge in [0.2, 0.25) is 0 Å². The van der Waals surface area contributed by atoms with Gasteiger partial charge in [0.1, 0.15) is 13.2 Å². The Labute approximate surface area is 423 Å². The highest BCUT2D eigenvalue weighted by Crippen LogP contribution is 2.15. The maximum Gasteiger partial charge on any atom is 0.306 e. The molecule has 0 aliphatic carbocycles. The number of carbonyl (C=O) groups excluding carboxylic acids is 3. The van der Waals surface area contributed by atoms with Crippen molar-refractivity contribution in [1.82, 2.24) is 0 Å². The molecule has 0 N–H and O–H groups in total. The largest absolute Gasteiger partial charge is 0.545 e. The van der Waals surface area contributed by atoms with Crippen LogP contribution in [0.2, 0.25) is 0 Å². The SMILES string of the molecule is CC/C=C\C/C=C\C/C=C\C/C=C\C/C=C\C/C=C\CCCCCCCCCCCCCCCCC(=O)OC(COC(=O)CCCCCCC/C=C\CCCC)COC(OCC[N+](C)(C)C)C(=O)[O-]. The standard InChI is InChI=1S/C60H103NO8/c1-6-8-10-12-14-16-18-19-20-21-22-23-24-25-26-27-28-29-30-31-32-33-34-35-36-37-38-39-41-43-45-47-49-51-58(63)69-56(55-68-60(59(64)65)66-53-52-61(3,4)5)54-67-57(62)50-48-46-44-42-40-17-15-13-11-9-7-2/h8,10,13-16,19-20,22-23,25-26,28-29,56,60H,6-7,9,11-12,17-18,21,24,27,30-55H2,1-5H3/b10-8-,15-13-,16-14-,20-19-,23-22-,26-25-,29-28-. The summed E-state index contributed by atoms with van der Waals surface area (Å²) in [5, 5.41) is 11.7. The lowest BCUT2D eigenvalue weighted by molar-refractivity contribution is -0.870. The molecule has 0 rings (SSSR count). The summed E-state index contributed by atoms with van der Waals surface area (Å²) in [5.74, 6) is -2.30. The number of quaternary nitrogens is 1. The fourth-order valence-electron chi connectivity index (χ4n) is 7.34. The third kappa shape index (κ3) is 52.1. The van der Waals surface area contributed by atoms with E-state index in [9.17, 15) is 19.5 Å². The van der Waals surface area contributed by atoms with E-state index in [0.717, 1.165) is 103 Å². The molecule has 69 heavy (non-hydrogen) atoms. The van der Waals surface area contributed by atoms with Gasteiger partial charge in [-0.05, 0) is 83.5 Å². The van der Waals surface area contributed by atoms with Gasteiger partial charge in [0.05, 0.1) is 40.3 Å². The van der Waals surface area contributed by atoms with Crippen LogP contribution >= 0.6 is 0 Å². The molecular weight excluding hydrogens is 863 g/mol. The summed E-state index contributed by atoms with van der Waals surface area (Å²) in [4.78, 5) is 37.1. The van der Waals surface area contributed by atoms with Crippen LogP contribution in [0.4, 0.5) is 0 Å². The number of ether oxygens (including phenoxy) is 4. The average molecular weight is 966 g/mol. The maximum atomic E-state index is 12.8. The van der Waals surface area contributed by atoms with Crippen molar-refractivity contribution in [2.75, 3.05) is 47.5 Å². The third-order valence-electron chi connectivity index (χ3n) is 11.6. The van der Waals surface area contributed by atoms with Crippen LogP contribution in [0.25, 0.3) is 0 Å². The van der Waals surface area contributed by atoms with Gasteiger partial charge in [0.25, 0.3) is 0 Å². The Kier molecular flexibility index (Phi) is 48.2. The highest BCUT2D eigenvalue weighted by atomic mass is 16.7. The van der Waals surface area contributed by atoms with Crippen LogP contribution in [0.15, 0.2) is 85.1 Å². The zero-order valence-electron chi connectivity index (χ0n) is 44.9. The van der Waals surface area contributed by atoms with Gasteiger partial charge in [0, 0.05) is 12.8 Å². The fourth-order valence-corrected chi connectivity index (χ4v) is 7.34. The number of carboxylic acid groups (broad SMARTS) is 1. The van der Waals surface area contributed by atoms with Crippen LogP contribution < -0.4 is 5.11 Å². The molecule has 0 aromatic heterocycles. The molecule has 0 bridgehead atoms. The van der Waals surface area contributed by atoms with E-state index in [1.807, 2.05) is 21.1 Å². The monoisotopic (exact) mass is 966 g/mol. The van der Waals surface area contributed by atoms with E-state index >= 15 is 0 Å². The van der Waals surface area contributed by atoms with Crippen LogP contribution in [-0.2, 0) is 33.3 Å². The molecule has 0 amide bonds. The summed E-state index contributed by atoms with van der Waals surface area (Å²) in [5.41, 5.74) is 0. The number of carboxylic acids is 1. The van der Waals surface area contributed by atoms with Crippen molar-refractivity contribution in [3.05, 3.63) is 85.1 Å². The van der Waals surface area contributed by atoms with Gasteiger partial charge < -0.3 is 33.3 Å². The Hall–Kier alpha value is -3.53. The number of hydrogen-bond acceptors (Lipinski definition) is 8. The molecule has 0 radical (unpaired) electrons. The topological polar surface area (TPSA) is 111 Å². The summed E-state index contributed by atoms with van der Waals surface area (Å²) < 4.78 is 22.6. The first-order valence-corrected chi connectivity index (χ1v) is 27.7. The van der Waals surface area contributed by atoms with Crippen molar-refractivity contribution in [2.24, 2.45) is 0 Å². The van der Waals surface area contributed by atoms with Crippen molar-refractivity contribution in [2.45, 2.75) is 232 Å². The van der Waals surface area contributed by atoms with Crippen molar-refractivity contribution in [3.8, 4) is 0 Å². The van der Waals surface area contributed by atoms with Crippen LogP contribution in [0.5, 0.6) is 0 Å². The van der Waals surface area contributed by atoms with E-state index in [-0.39, 0.29) is 38.6 Å². The first-order valence-electron chi connectivity index (χ1n) is 27.7. The minimum absolute atomic E-state index is 0.144. The molecule has 2 unspecified atom stereocenters. The number of hydrogen-bond donors (Lipinski definition) is 0. The van der Waals surface area contributed by atoms with Gasteiger partial charge >= 0.3 is 11.9 Å². The average Bonchev–Trinajstić information content (AvgIpc) is 3.31. The highest BCUT2D eigenvalue weighted by Gasteiger charge is 2.22. The zero-order valence-corrected chi connectivity index (χ0v) is 44.9. The lowest BCUT2D eigenvalue weighted by Crippen LogP contribution is -2.44. The number of carbonyl (C=O) groups is 3. The van der Waals surface area contributed by atoms with Gasteiger partial charge in [-0.3, -0.25) is 9.59 Å². The van der Waals surface area contributed by atoms with E-state index in [2.05, 4.69) is 98.9 Å². The van der Waals surface area contributed by atoms with Gasteiger partial charge in [-0.1, -0.05) is 208 Å². The number of rotatable bonds is 50. The van der Waals surface area contributed by atoms with Crippen LogP contribution in [0.1, 0.15) is 219 Å². The summed E-state index contributed by atoms with van der Waals surface area (Å²) in [7, 11) is 5.91. The molecule has 0 spiro atoms. The highest BCUT2D eigenvalue weighted by molar-refractivity contribution is 5.70. The summed E-state index contributed by atoms with van der Waals surface area (Å²) in [6, 6.07) is 0. The quantitative estimate of drug-likeness (QED) is 0.0195. The van der Waals surface area contributed by atoms with E-state index in [0.29, 0.717) is 17.4 Å². The Morgan fingerprint density at radius 2 is 0.826 bits per heavy atom. The summed E-state index contributed by atoms with van der Waals surface area (Å²) >= 11 is 0. The van der Waals surface area contributed by atoms with E-state index in [4.69, 9.17) is 18.9 Å². The smallest absolute Gasteiger partial charge is 0.306 e.